The number of thioether (sulfide) groups is 1. The molecule has 1 rings (SSSR count). The largest absolute Gasteiger partial charge is 0.465 e. The van der Waals surface area contributed by atoms with Crippen LogP contribution in [0.5, 0.6) is 0 Å². The number of nitrogens with one attached hydrogen (secondary N) is 1. The Morgan fingerprint density at radius 1 is 1.40 bits per heavy atom. The summed E-state index contributed by atoms with van der Waals surface area (Å²) in [5, 5.41) is 3.39. The Balaban J connectivity index is 2.58. The molecule has 0 radical (unpaired) electrons. The van der Waals surface area contributed by atoms with Gasteiger partial charge in [-0.05, 0) is 45.7 Å². The molecule has 1 atom stereocenters. The first-order valence-corrected chi connectivity index (χ1v) is 8.99. The van der Waals surface area contributed by atoms with Crippen molar-refractivity contribution in [2.75, 3.05) is 25.6 Å². The van der Waals surface area contributed by atoms with Crippen molar-refractivity contribution in [2.45, 2.75) is 52.7 Å². The summed E-state index contributed by atoms with van der Waals surface area (Å²) in [6.07, 6.45) is 4.53. The highest BCUT2D eigenvalue weighted by molar-refractivity contribution is 7.98. The summed E-state index contributed by atoms with van der Waals surface area (Å²) in [5.41, 5.74) is 1.32. The van der Waals surface area contributed by atoms with Gasteiger partial charge >= 0.3 is 0 Å². The van der Waals surface area contributed by atoms with Crippen LogP contribution in [0.1, 0.15) is 43.8 Å². The zero-order valence-electron chi connectivity index (χ0n) is 13.7. The summed E-state index contributed by atoms with van der Waals surface area (Å²) in [6, 6.07) is 2.85. The van der Waals surface area contributed by atoms with Crippen LogP contribution in [-0.4, -0.2) is 36.5 Å². The standard InChI is InChI=1S/C16H30N2OS/c1-6-8-17-10-16-9-14(13(3)19-16)11-18(4)15(7-2)12-20-5/h9,15,17H,6-8,10-12H2,1-5H3. The maximum atomic E-state index is 5.84. The molecule has 0 amide bonds. The topological polar surface area (TPSA) is 28.4 Å². The Kier molecular flexibility index (Phi) is 8.34. The molecule has 1 unspecified atom stereocenters. The lowest BCUT2D eigenvalue weighted by atomic mass is 10.2. The minimum absolute atomic E-state index is 0.640. The third-order valence-corrected chi connectivity index (χ3v) is 4.39. The molecule has 4 heteroatoms. The van der Waals surface area contributed by atoms with Crippen LogP contribution >= 0.6 is 11.8 Å². The molecule has 0 aromatic carbocycles. The first-order chi connectivity index (χ1) is 9.62. The van der Waals surface area contributed by atoms with Gasteiger partial charge in [-0.15, -0.1) is 0 Å². The number of aryl methyl sites for hydroxylation is 1. The zero-order chi connectivity index (χ0) is 15.0. The number of rotatable bonds is 10. The smallest absolute Gasteiger partial charge is 0.118 e. The van der Waals surface area contributed by atoms with Gasteiger partial charge in [0.25, 0.3) is 0 Å². The number of hydrogen-bond acceptors (Lipinski definition) is 4. The van der Waals surface area contributed by atoms with E-state index in [1.807, 2.05) is 11.8 Å². The fourth-order valence-electron chi connectivity index (χ4n) is 2.37. The second-order valence-corrected chi connectivity index (χ2v) is 6.31. The summed E-state index contributed by atoms with van der Waals surface area (Å²) < 4.78 is 5.84. The van der Waals surface area contributed by atoms with Gasteiger partial charge in [-0.25, -0.2) is 0 Å². The van der Waals surface area contributed by atoms with Gasteiger partial charge in [-0.1, -0.05) is 13.8 Å². The fraction of sp³-hybridized carbons (Fsp3) is 0.750. The van der Waals surface area contributed by atoms with Crippen LogP contribution < -0.4 is 5.32 Å². The molecular weight excluding hydrogens is 268 g/mol. The summed E-state index contributed by atoms with van der Waals surface area (Å²) in [5.74, 6) is 3.30. The quantitative estimate of drug-likeness (QED) is 0.667. The third kappa shape index (κ3) is 5.51. The van der Waals surface area contributed by atoms with Crippen LogP contribution in [0.25, 0.3) is 0 Å². The molecule has 0 aliphatic carbocycles. The number of nitrogens with zero attached hydrogens (tertiary/aromatic N) is 1. The van der Waals surface area contributed by atoms with Crippen molar-refractivity contribution in [1.29, 1.82) is 0 Å². The van der Waals surface area contributed by atoms with E-state index in [2.05, 4.69) is 50.4 Å². The van der Waals surface area contributed by atoms with Crippen molar-refractivity contribution in [3.63, 3.8) is 0 Å². The maximum Gasteiger partial charge on any atom is 0.118 e. The molecule has 0 bridgehead atoms. The van der Waals surface area contributed by atoms with E-state index in [0.29, 0.717) is 6.04 Å². The molecule has 3 nitrogen and oxygen atoms in total. The Hall–Kier alpha value is -0.450. The molecule has 0 saturated carbocycles. The summed E-state index contributed by atoms with van der Waals surface area (Å²) in [6.45, 7) is 9.36. The Morgan fingerprint density at radius 3 is 2.75 bits per heavy atom. The highest BCUT2D eigenvalue weighted by atomic mass is 32.2. The van der Waals surface area contributed by atoms with E-state index in [-0.39, 0.29) is 0 Å². The molecule has 1 aromatic rings. The normalized spacial score (nSPS) is 13.1. The van der Waals surface area contributed by atoms with E-state index in [1.165, 1.54) is 17.7 Å². The molecule has 1 N–H and O–H groups in total. The van der Waals surface area contributed by atoms with Crippen LogP contribution in [0.2, 0.25) is 0 Å². The second-order valence-electron chi connectivity index (χ2n) is 5.40. The molecule has 0 aliphatic heterocycles. The lowest BCUT2D eigenvalue weighted by Gasteiger charge is -2.26. The van der Waals surface area contributed by atoms with Crippen LogP contribution in [0, 0.1) is 6.92 Å². The summed E-state index contributed by atoms with van der Waals surface area (Å²) in [4.78, 5) is 2.44. The maximum absolute atomic E-state index is 5.84. The van der Waals surface area contributed by atoms with E-state index in [4.69, 9.17) is 4.42 Å². The Morgan fingerprint density at radius 2 is 2.15 bits per heavy atom. The van der Waals surface area contributed by atoms with Gasteiger partial charge in [0.15, 0.2) is 0 Å². The van der Waals surface area contributed by atoms with Crippen LogP contribution in [-0.2, 0) is 13.1 Å². The minimum Gasteiger partial charge on any atom is -0.465 e. The van der Waals surface area contributed by atoms with Gasteiger partial charge in [0.1, 0.15) is 11.5 Å². The molecule has 116 valence electrons. The first kappa shape index (κ1) is 17.6. The van der Waals surface area contributed by atoms with Crippen molar-refractivity contribution >= 4 is 11.8 Å². The van der Waals surface area contributed by atoms with Crippen LogP contribution in [0.4, 0.5) is 0 Å². The van der Waals surface area contributed by atoms with E-state index < -0.39 is 0 Å². The third-order valence-electron chi connectivity index (χ3n) is 3.67. The summed E-state index contributed by atoms with van der Waals surface area (Å²) >= 11 is 1.92. The molecule has 0 aliphatic rings. The monoisotopic (exact) mass is 298 g/mol. The highest BCUT2D eigenvalue weighted by Gasteiger charge is 2.15. The minimum atomic E-state index is 0.640. The lowest BCUT2D eigenvalue weighted by Crippen LogP contribution is -2.32. The predicted octanol–water partition coefficient (Wildman–Crippen LogP) is 3.66. The lowest BCUT2D eigenvalue weighted by molar-refractivity contribution is 0.246. The second kappa shape index (κ2) is 9.48. The van der Waals surface area contributed by atoms with Crippen LogP contribution in [0.3, 0.4) is 0 Å². The average Bonchev–Trinajstić information content (AvgIpc) is 2.76. The highest BCUT2D eigenvalue weighted by Crippen LogP contribution is 2.19. The molecule has 0 fully saturated rings. The molecule has 1 aromatic heterocycles. The van der Waals surface area contributed by atoms with Crippen LogP contribution in [0.15, 0.2) is 10.5 Å². The van der Waals surface area contributed by atoms with Gasteiger partial charge in [0.2, 0.25) is 0 Å². The average molecular weight is 298 g/mol. The van der Waals surface area contributed by atoms with Gasteiger partial charge in [-0.2, -0.15) is 11.8 Å². The van der Waals surface area contributed by atoms with E-state index >= 15 is 0 Å². The Labute approximate surface area is 128 Å². The van der Waals surface area contributed by atoms with Gasteiger partial charge in [-0.3, -0.25) is 4.90 Å². The van der Waals surface area contributed by atoms with Gasteiger partial charge in [0, 0.05) is 23.9 Å². The van der Waals surface area contributed by atoms with Crippen molar-refractivity contribution < 1.29 is 4.42 Å². The molecule has 0 spiro atoms. The molecule has 1 heterocycles. The summed E-state index contributed by atoms with van der Waals surface area (Å²) in [7, 11) is 2.21. The number of furan rings is 1. The van der Waals surface area contributed by atoms with E-state index in [0.717, 1.165) is 37.6 Å². The predicted molar refractivity (Wildman–Crippen MR) is 89.4 cm³/mol. The first-order valence-electron chi connectivity index (χ1n) is 7.60. The molecule has 20 heavy (non-hydrogen) atoms. The van der Waals surface area contributed by atoms with Gasteiger partial charge in [0.05, 0.1) is 6.54 Å². The van der Waals surface area contributed by atoms with E-state index in [9.17, 15) is 0 Å². The van der Waals surface area contributed by atoms with E-state index in [1.54, 1.807) is 0 Å². The van der Waals surface area contributed by atoms with Crippen molar-refractivity contribution in [3.8, 4) is 0 Å². The SMILES string of the molecule is CCCNCc1cc(CN(C)C(CC)CSC)c(C)o1. The van der Waals surface area contributed by atoms with Crippen molar-refractivity contribution in [1.82, 2.24) is 10.2 Å². The van der Waals surface area contributed by atoms with Gasteiger partial charge < -0.3 is 9.73 Å². The fourth-order valence-corrected chi connectivity index (χ4v) is 3.24. The molecule has 0 saturated heterocycles. The zero-order valence-corrected chi connectivity index (χ0v) is 14.5. The number of hydrogen-bond donors (Lipinski definition) is 1. The Bertz CT molecular complexity index is 379. The molecular formula is C16H30N2OS. The van der Waals surface area contributed by atoms with Crippen molar-refractivity contribution in [2.24, 2.45) is 0 Å². The van der Waals surface area contributed by atoms with Crippen molar-refractivity contribution in [3.05, 3.63) is 23.2 Å².